The zero-order valence-corrected chi connectivity index (χ0v) is 22.4. The molecule has 0 aromatic heterocycles. The number of hydrogen-bond donors (Lipinski definition) is 0. The molecule has 1 aromatic rings. The van der Waals surface area contributed by atoms with Crippen LogP contribution in [0.15, 0.2) is 17.9 Å². The van der Waals surface area contributed by atoms with Crippen LogP contribution in [0, 0.1) is 26.7 Å². The second-order valence-corrected chi connectivity index (χ2v) is 10.3. The van der Waals surface area contributed by atoms with Crippen LogP contribution < -0.4 is 0 Å². The number of hydroxylamine groups is 4. The first-order valence-electron chi connectivity index (χ1n) is 13.2. The third kappa shape index (κ3) is 5.17. The maximum Gasteiger partial charge on any atom is 0.513 e. The maximum absolute atomic E-state index is 14.2. The number of carbonyl (C=O) groups excluding carboxylic acids is 2. The van der Waals surface area contributed by atoms with Gasteiger partial charge >= 0.3 is 6.16 Å². The Morgan fingerprint density at radius 1 is 1.06 bits per heavy atom. The number of carbonyl (C=O) groups is 2. The molecular weight excluding hydrogens is 460 g/mol. The van der Waals surface area contributed by atoms with Crippen LogP contribution in [0.1, 0.15) is 74.1 Å². The van der Waals surface area contributed by atoms with E-state index in [0.29, 0.717) is 49.8 Å². The van der Waals surface area contributed by atoms with Gasteiger partial charge in [-0.25, -0.2) is 9.86 Å². The fraction of sp³-hybridized carbons (Fsp3) is 0.643. The summed E-state index contributed by atoms with van der Waals surface area (Å²) >= 11 is 0. The molecule has 1 saturated heterocycles. The zero-order chi connectivity index (χ0) is 25.9. The highest BCUT2D eigenvalue weighted by atomic mass is 16.7. The van der Waals surface area contributed by atoms with E-state index in [1.54, 1.807) is 14.0 Å². The van der Waals surface area contributed by atoms with E-state index in [1.807, 2.05) is 25.8 Å². The molecule has 3 aliphatic rings. The monoisotopic (exact) mass is 500 g/mol. The topological polar surface area (TPSA) is 77.5 Å². The number of benzene rings is 1. The van der Waals surface area contributed by atoms with Gasteiger partial charge in [-0.1, -0.05) is 37.0 Å². The summed E-state index contributed by atoms with van der Waals surface area (Å²) in [4.78, 5) is 38.8. The summed E-state index contributed by atoms with van der Waals surface area (Å²) in [6.45, 7) is 9.55. The number of amides is 1. The second-order valence-electron chi connectivity index (χ2n) is 10.3. The molecule has 0 radical (unpaired) electrons. The van der Waals surface area contributed by atoms with Gasteiger partial charge in [-0.15, -0.1) is 0 Å². The summed E-state index contributed by atoms with van der Waals surface area (Å²) in [6, 6.07) is 4.10. The van der Waals surface area contributed by atoms with Crippen LogP contribution in [-0.2, 0) is 23.9 Å². The van der Waals surface area contributed by atoms with Crippen LogP contribution in [0.4, 0.5) is 4.79 Å². The lowest BCUT2D eigenvalue weighted by molar-refractivity contribution is -0.237. The van der Waals surface area contributed by atoms with Crippen molar-refractivity contribution < 1.29 is 28.7 Å². The van der Waals surface area contributed by atoms with Crippen LogP contribution in [0.2, 0.25) is 0 Å². The van der Waals surface area contributed by atoms with Crippen molar-refractivity contribution >= 4 is 17.6 Å². The molecule has 2 aliphatic heterocycles. The summed E-state index contributed by atoms with van der Waals surface area (Å²) < 4.78 is 11.1. The minimum atomic E-state index is -0.910. The Morgan fingerprint density at radius 3 is 2.28 bits per heavy atom. The van der Waals surface area contributed by atoms with Gasteiger partial charge in [0.15, 0.2) is 5.76 Å². The molecule has 0 atom stereocenters. The van der Waals surface area contributed by atoms with Crippen molar-refractivity contribution in [2.24, 2.45) is 5.92 Å². The zero-order valence-electron chi connectivity index (χ0n) is 22.4. The van der Waals surface area contributed by atoms with Gasteiger partial charge in [-0.3, -0.25) is 9.63 Å². The highest BCUT2D eigenvalue weighted by Gasteiger charge is 2.57. The quantitative estimate of drug-likeness (QED) is 0.474. The average molecular weight is 501 g/mol. The molecule has 8 heteroatoms. The number of rotatable bonds is 7. The molecule has 0 N–H and O–H groups in total. The van der Waals surface area contributed by atoms with Gasteiger partial charge in [0.05, 0.1) is 25.9 Å². The largest absolute Gasteiger partial charge is 0.513 e. The van der Waals surface area contributed by atoms with Crippen molar-refractivity contribution in [2.45, 2.75) is 78.2 Å². The molecule has 198 valence electrons. The number of ether oxygens (including phenoxy) is 2. The Kier molecular flexibility index (Phi) is 8.37. The van der Waals surface area contributed by atoms with Gasteiger partial charge in [0.1, 0.15) is 5.54 Å². The van der Waals surface area contributed by atoms with E-state index in [9.17, 15) is 9.59 Å². The fourth-order valence-electron chi connectivity index (χ4n) is 6.07. The van der Waals surface area contributed by atoms with Gasteiger partial charge in [-0.05, 0) is 76.0 Å². The van der Waals surface area contributed by atoms with E-state index in [2.05, 4.69) is 12.1 Å². The third-order valence-corrected chi connectivity index (χ3v) is 7.78. The van der Waals surface area contributed by atoms with Crippen LogP contribution >= 0.6 is 0 Å². The summed E-state index contributed by atoms with van der Waals surface area (Å²) in [5.74, 6) is 0.496. The lowest BCUT2D eigenvalue weighted by Crippen LogP contribution is -2.55. The highest BCUT2D eigenvalue weighted by Crippen LogP contribution is 2.48. The molecule has 0 unspecified atom stereocenters. The molecule has 1 aromatic carbocycles. The number of aryl methyl sites for hydroxylation is 3. The van der Waals surface area contributed by atoms with E-state index in [0.717, 1.165) is 35.1 Å². The third-order valence-electron chi connectivity index (χ3n) is 7.78. The Hall–Kier alpha value is -2.42. The summed E-state index contributed by atoms with van der Waals surface area (Å²) in [5.41, 5.74) is 3.31. The lowest BCUT2D eigenvalue weighted by Gasteiger charge is -2.43. The van der Waals surface area contributed by atoms with Gasteiger partial charge in [0.2, 0.25) is 0 Å². The molecule has 8 nitrogen and oxygen atoms in total. The van der Waals surface area contributed by atoms with E-state index < -0.39 is 11.7 Å². The molecule has 2 heterocycles. The lowest BCUT2D eigenvalue weighted by atomic mass is 9.84. The SMILES string of the molecule is CCOC(=O)OC1=C(c2c(C)cc(C)cc2C)C(=O)N(OCC2CCCCC2)C12CCN(OC)CC2. The second kappa shape index (κ2) is 11.3. The average Bonchev–Trinajstić information content (AvgIpc) is 3.05. The van der Waals surface area contributed by atoms with Crippen LogP contribution in [0.3, 0.4) is 0 Å². The van der Waals surface area contributed by atoms with Gasteiger partial charge < -0.3 is 14.3 Å². The Morgan fingerprint density at radius 2 is 1.69 bits per heavy atom. The van der Waals surface area contributed by atoms with Crippen molar-refractivity contribution in [2.75, 3.05) is 33.4 Å². The first-order valence-corrected chi connectivity index (χ1v) is 13.2. The summed E-state index contributed by atoms with van der Waals surface area (Å²) in [6.07, 6.45) is 6.08. The van der Waals surface area contributed by atoms with Gasteiger partial charge in [-0.2, -0.15) is 5.06 Å². The van der Waals surface area contributed by atoms with Gasteiger partial charge in [0.25, 0.3) is 5.91 Å². The van der Waals surface area contributed by atoms with Crippen molar-refractivity contribution in [1.29, 1.82) is 0 Å². The molecule has 1 saturated carbocycles. The number of nitrogens with zero attached hydrogens (tertiary/aromatic N) is 2. The molecule has 4 rings (SSSR count). The Labute approximate surface area is 214 Å². The molecule has 36 heavy (non-hydrogen) atoms. The van der Waals surface area contributed by atoms with Crippen molar-refractivity contribution in [3.8, 4) is 0 Å². The predicted octanol–water partition coefficient (Wildman–Crippen LogP) is 5.25. The van der Waals surface area contributed by atoms with Crippen LogP contribution in [0.25, 0.3) is 5.57 Å². The molecule has 1 spiro atoms. The van der Waals surface area contributed by atoms with Crippen molar-refractivity contribution in [3.63, 3.8) is 0 Å². The van der Waals surface area contributed by atoms with E-state index in [-0.39, 0.29) is 12.5 Å². The minimum absolute atomic E-state index is 0.185. The first kappa shape index (κ1) is 26.6. The smallest absolute Gasteiger partial charge is 0.434 e. The Bertz CT molecular complexity index is 982. The van der Waals surface area contributed by atoms with Gasteiger partial charge in [0, 0.05) is 13.1 Å². The molecule has 1 amide bonds. The van der Waals surface area contributed by atoms with Crippen LogP contribution in [-0.4, -0.2) is 61.1 Å². The fourth-order valence-corrected chi connectivity index (χ4v) is 6.07. The van der Waals surface area contributed by atoms with E-state index >= 15 is 0 Å². The molecule has 0 bridgehead atoms. The first-order chi connectivity index (χ1) is 17.3. The van der Waals surface area contributed by atoms with Crippen molar-refractivity contribution in [1.82, 2.24) is 10.1 Å². The standard InChI is InChI=1S/C28H40N2O6/c1-6-34-27(32)36-25-24(23-20(3)16-19(2)17-21(23)4)26(31)30(35-18-22-10-8-7-9-11-22)28(25)12-14-29(33-5)15-13-28/h16-17,22H,6-15,18H2,1-5H3. The molecule has 1 aliphatic carbocycles. The summed E-state index contributed by atoms with van der Waals surface area (Å²) in [5, 5.41) is 3.38. The number of piperidine rings is 1. The van der Waals surface area contributed by atoms with Crippen molar-refractivity contribution in [3.05, 3.63) is 40.1 Å². The normalized spacial score (nSPS) is 20.9. The summed E-state index contributed by atoms with van der Waals surface area (Å²) in [7, 11) is 1.64. The minimum Gasteiger partial charge on any atom is -0.434 e. The van der Waals surface area contributed by atoms with Crippen LogP contribution in [0.5, 0.6) is 0 Å². The number of hydrogen-bond acceptors (Lipinski definition) is 7. The van der Waals surface area contributed by atoms with E-state index in [1.165, 1.54) is 24.3 Å². The molecule has 2 fully saturated rings. The highest BCUT2D eigenvalue weighted by molar-refractivity contribution is 6.23. The molecular formula is C28H40N2O6. The Balaban J connectivity index is 1.80. The van der Waals surface area contributed by atoms with E-state index in [4.69, 9.17) is 19.1 Å². The maximum atomic E-state index is 14.2. The predicted molar refractivity (Wildman–Crippen MR) is 136 cm³/mol.